The zero-order valence-electron chi connectivity index (χ0n) is 19.3. The first-order valence-corrected chi connectivity index (χ1v) is 11.5. The summed E-state index contributed by atoms with van der Waals surface area (Å²) in [7, 11) is 1.63. The Morgan fingerprint density at radius 2 is 1.62 bits per heavy atom. The summed E-state index contributed by atoms with van der Waals surface area (Å²) in [6.07, 6.45) is 0.380. The van der Waals surface area contributed by atoms with Gasteiger partial charge >= 0.3 is 0 Å². The van der Waals surface area contributed by atoms with Crippen LogP contribution in [0.1, 0.15) is 19.3 Å². The average Bonchev–Trinajstić information content (AvgIpc) is 2.80. The van der Waals surface area contributed by atoms with Crippen LogP contribution in [0.15, 0.2) is 42.5 Å². The Kier molecular flexibility index (Phi) is 7.28. The molecule has 2 atom stereocenters. The Bertz CT molecular complexity index is 948. The minimum Gasteiger partial charge on any atom is -0.497 e. The number of nitrogens with zero attached hydrogens (tertiary/aromatic N) is 2. The van der Waals surface area contributed by atoms with Gasteiger partial charge in [0.1, 0.15) is 35.3 Å². The fraction of sp³-hybridized carbons (Fsp3) is 0.520. The third-order valence-electron chi connectivity index (χ3n) is 6.81. The van der Waals surface area contributed by atoms with Gasteiger partial charge in [-0.05, 0) is 43.5 Å². The maximum Gasteiger partial charge on any atom is 0.137 e. The van der Waals surface area contributed by atoms with E-state index in [4.69, 9.17) is 9.47 Å². The largest absolute Gasteiger partial charge is 0.497 e. The molecule has 0 saturated carbocycles. The zero-order chi connectivity index (χ0) is 24.3. The Morgan fingerprint density at radius 1 is 0.971 bits per heavy atom. The van der Waals surface area contributed by atoms with Gasteiger partial charge in [-0.2, -0.15) is 0 Å². The van der Waals surface area contributed by atoms with Crippen LogP contribution in [0.2, 0.25) is 0 Å². The van der Waals surface area contributed by atoms with Crippen molar-refractivity contribution in [1.82, 2.24) is 4.90 Å². The molecule has 9 heteroatoms. The molecule has 2 fully saturated rings. The molecule has 7 nitrogen and oxygen atoms in total. The Hall–Kier alpha value is -2.46. The molecule has 2 heterocycles. The number of likely N-dealkylation sites (tertiary alicyclic amines) is 1. The van der Waals surface area contributed by atoms with E-state index < -0.39 is 28.9 Å². The number of aliphatic hydroxyl groups excluding tert-OH is 1. The lowest BCUT2D eigenvalue weighted by molar-refractivity contribution is -0.149. The number of halogens is 2. The predicted molar refractivity (Wildman–Crippen MR) is 123 cm³/mol. The number of aliphatic hydroxyl groups is 3. The van der Waals surface area contributed by atoms with Crippen molar-refractivity contribution >= 4 is 5.69 Å². The number of β-amino-alcohol motifs (C(OH)–C–C–N with tert-alkyl or cyclic N) is 2. The second-order valence-electron chi connectivity index (χ2n) is 9.42. The second kappa shape index (κ2) is 10.0. The average molecular weight is 479 g/mol. The van der Waals surface area contributed by atoms with Gasteiger partial charge in [0.25, 0.3) is 0 Å². The van der Waals surface area contributed by atoms with E-state index in [9.17, 15) is 24.1 Å². The summed E-state index contributed by atoms with van der Waals surface area (Å²) in [5.41, 5.74) is -1.47. The van der Waals surface area contributed by atoms with Gasteiger partial charge in [0.2, 0.25) is 0 Å². The fourth-order valence-electron chi connectivity index (χ4n) is 4.79. The maximum atomic E-state index is 13.4. The van der Waals surface area contributed by atoms with Crippen LogP contribution in [0.25, 0.3) is 0 Å². The first kappa shape index (κ1) is 24.7. The SMILES string of the molecule is COc1ccc(N2CCC(O)(CN3CC[C@H](O)[C@@](O)(COc4cc(F)cc(F)c4)C3)CC2)cc1. The van der Waals surface area contributed by atoms with Crippen molar-refractivity contribution in [3.63, 3.8) is 0 Å². The highest BCUT2D eigenvalue weighted by molar-refractivity contribution is 5.49. The second-order valence-corrected chi connectivity index (χ2v) is 9.42. The summed E-state index contributed by atoms with van der Waals surface area (Å²) in [6, 6.07) is 10.6. The zero-order valence-corrected chi connectivity index (χ0v) is 19.3. The summed E-state index contributed by atoms with van der Waals surface area (Å²) in [4.78, 5) is 4.14. The standard InChI is InChI=1S/C25H32F2N2O5/c1-33-21-4-2-20(3-5-21)29-10-7-24(31,8-11-29)15-28-9-6-23(30)25(32,16-28)17-34-22-13-18(26)12-19(27)14-22/h2-5,12-14,23,30-32H,6-11,15-17H2,1H3/t23-,25-/m0/s1. The van der Waals surface area contributed by atoms with Crippen molar-refractivity contribution in [3.8, 4) is 11.5 Å². The molecule has 0 amide bonds. The van der Waals surface area contributed by atoms with Gasteiger partial charge in [0.15, 0.2) is 0 Å². The monoisotopic (exact) mass is 478 g/mol. The normalized spacial score (nSPS) is 25.2. The topological polar surface area (TPSA) is 85.6 Å². The Morgan fingerprint density at radius 3 is 2.24 bits per heavy atom. The van der Waals surface area contributed by atoms with Crippen LogP contribution in [-0.4, -0.2) is 84.0 Å². The third-order valence-corrected chi connectivity index (χ3v) is 6.81. The van der Waals surface area contributed by atoms with E-state index in [1.807, 2.05) is 29.2 Å². The molecule has 4 rings (SSSR count). The van der Waals surface area contributed by atoms with Gasteiger partial charge < -0.3 is 29.7 Å². The van der Waals surface area contributed by atoms with E-state index in [0.717, 1.165) is 29.6 Å². The van der Waals surface area contributed by atoms with Crippen molar-refractivity contribution in [2.45, 2.75) is 36.6 Å². The van der Waals surface area contributed by atoms with Gasteiger partial charge in [-0.1, -0.05) is 0 Å². The molecule has 2 saturated heterocycles. The molecule has 2 aromatic rings. The van der Waals surface area contributed by atoms with Crippen LogP contribution in [0.5, 0.6) is 11.5 Å². The van der Waals surface area contributed by atoms with Gasteiger partial charge in [-0.3, -0.25) is 4.90 Å². The van der Waals surface area contributed by atoms with Gasteiger partial charge in [-0.15, -0.1) is 0 Å². The molecule has 2 aliphatic heterocycles. The predicted octanol–water partition coefficient (Wildman–Crippen LogP) is 2.18. The lowest BCUT2D eigenvalue weighted by Gasteiger charge is -2.46. The molecular weight excluding hydrogens is 446 g/mol. The molecule has 0 bridgehead atoms. The van der Waals surface area contributed by atoms with E-state index in [1.165, 1.54) is 0 Å². The molecular formula is C25H32F2N2O5. The smallest absolute Gasteiger partial charge is 0.137 e. The van der Waals surface area contributed by atoms with E-state index in [1.54, 1.807) is 7.11 Å². The lowest BCUT2D eigenvalue weighted by Crippen LogP contribution is -2.62. The number of benzene rings is 2. The summed E-state index contributed by atoms with van der Waals surface area (Å²) in [6.45, 7) is 2.01. The Balaban J connectivity index is 1.33. The van der Waals surface area contributed by atoms with Crippen molar-refractivity contribution in [2.24, 2.45) is 0 Å². The maximum absolute atomic E-state index is 13.4. The van der Waals surface area contributed by atoms with Gasteiger partial charge in [-0.25, -0.2) is 8.78 Å². The minimum atomic E-state index is -1.62. The lowest BCUT2D eigenvalue weighted by atomic mass is 9.86. The highest BCUT2D eigenvalue weighted by Crippen LogP contribution is 2.31. The molecule has 0 spiro atoms. The third kappa shape index (κ3) is 5.78. The van der Waals surface area contributed by atoms with Gasteiger partial charge in [0, 0.05) is 56.6 Å². The Labute approximate surface area is 198 Å². The summed E-state index contributed by atoms with van der Waals surface area (Å²) >= 11 is 0. The summed E-state index contributed by atoms with van der Waals surface area (Å²) in [5.74, 6) is -0.824. The molecule has 0 radical (unpaired) electrons. The van der Waals surface area contributed by atoms with E-state index in [-0.39, 0.29) is 18.9 Å². The van der Waals surface area contributed by atoms with Crippen molar-refractivity contribution in [1.29, 1.82) is 0 Å². The molecule has 34 heavy (non-hydrogen) atoms. The molecule has 2 aliphatic rings. The molecule has 0 unspecified atom stereocenters. The van der Waals surface area contributed by atoms with Crippen molar-refractivity contribution < 1.29 is 33.6 Å². The number of anilines is 1. The minimum absolute atomic E-state index is 0.0558. The number of methoxy groups -OCH3 is 1. The molecule has 186 valence electrons. The van der Waals surface area contributed by atoms with Crippen molar-refractivity contribution in [2.75, 3.05) is 51.3 Å². The number of ether oxygens (including phenoxy) is 2. The number of hydrogen-bond acceptors (Lipinski definition) is 7. The van der Waals surface area contributed by atoms with Crippen LogP contribution in [0.3, 0.4) is 0 Å². The first-order valence-electron chi connectivity index (χ1n) is 11.5. The van der Waals surface area contributed by atoms with E-state index in [2.05, 4.69) is 4.90 Å². The number of rotatable bonds is 7. The molecule has 0 aliphatic carbocycles. The quantitative estimate of drug-likeness (QED) is 0.563. The summed E-state index contributed by atoms with van der Waals surface area (Å²) < 4.78 is 37.5. The van der Waals surface area contributed by atoms with E-state index in [0.29, 0.717) is 45.4 Å². The fourth-order valence-corrected chi connectivity index (χ4v) is 4.79. The van der Waals surface area contributed by atoms with E-state index >= 15 is 0 Å². The first-order chi connectivity index (χ1) is 16.2. The van der Waals surface area contributed by atoms with Crippen LogP contribution >= 0.6 is 0 Å². The number of piperidine rings is 2. The van der Waals surface area contributed by atoms with Crippen LogP contribution < -0.4 is 14.4 Å². The molecule has 3 N–H and O–H groups in total. The van der Waals surface area contributed by atoms with Gasteiger partial charge in [0.05, 0.1) is 18.8 Å². The van der Waals surface area contributed by atoms with Crippen LogP contribution in [0, 0.1) is 11.6 Å². The van der Waals surface area contributed by atoms with Crippen LogP contribution in [-0.2, 0) is 0 Å². The molecule has 0 aromatic heterocycles. The molecule has 2 aromatic carbocycles. The number of hydrogen-bond donors (Lipinski definition) is 3. The van der Waals surface area contributed by atoms with Crippen LogP contribution in [0.4, 0.5) is 14.5 Å². The summed E-state index contributed by atoms with van der Waals surface area (Å²) in [5, 5.41) is 32.7. The highest BCUT2D eigenvalue weighted by atomic mass is 19.1. The van der Waals surface area contributed by atoms with Crippen molar-refractivity contribution in [3.05, 3.63) is 54.1 Å². The highest BCUT2D eigenvalue weighted by Gasteiger charge is 2.44.